The Morgan fingerprint density at radius 3 is 3.00 bits per heavy atom. The Morgan fingerprint density at radius 2 is 2.15 bits per heavy atom. The van der Waals surface area contributed by atoms with Crippen molar-refractivity contribution in [2.24, 2.45) is 5.92 Å². The van der Waals surface area contributed by atoms with Gasteiger partial charge < -0.3 is 15.0 Å². The van der Waals surface area contributed by atoms with Crippen LogP contribution in [0.1, 0.15) is 25.0 Å². The van der Waals surface area contributed by atoms with Crippen LogP contribution in [-0.4, -0.2) is 55.3 Å². The molecule has 1 saturated heterocycles. The van der Waals surface area contributed by atoms with Gasteiger partial charge in [0.1, 0.15) is 5.82 Å². The van der Waals surface area contributed by atoms with E-state index in [1.165, 1.54) is 32.4 Å². The monoisotopic (exact) mass is 278 g/mol. The smallest absolute Gasteiger partial charge is 0.147 e. The molecule has 1 atom stereocenters. The highest BCUT2D eigenvalue weighted by Crippen LogP contribution is 2.22. The van der Waals surface area contributed by atoms with Gasteiger partial charge in [-0.1, -0.05) is 0 Å². The van der Waals surface area contributed by atoms with Crippen molar-refractivity contribution in [2.45, 2.75) is 25.7 Å². The van der Waals surface area contributed by atoms with Crippen molar-refractivity contribution in [1.29, 1.82) is 0 Å². The van der Waals surface area contributed by atoms with Crippen molar-refractivity contribution in [3.05, 3.63) is 18.1 Å². The summed E-state index contributed by atoms with van der Waals surface area (Å²) in [6.07, 6.45) is 8.40. The van der Waals surface area contributed by atoms with E-state index in [9.17, 15) is 0 Å². The first-order valence-corrected chi connectivity index (χ1v) is 7.51. The fourth-order valence-electron chi connectivity index (χ4n) is 2.72. The van der Waals surface area contributed by atoms with E-state index in [-0.39, 0.29) is 0 Å². The van der Waals surface area contributed by atoms with E-state index < -0.39 is 0 Å². The first kappa shape index (κ1) is 15.2. The quantitative estimate of drug-likeness (QED) is 0.804. The maximum Gasteiger partial charge on any atom is 0.147 e. The molecule has 5 nitrogen and oxygen atoms in total. The molecule has 1 N–H and O–H groups in total. The second-order valence-electron chi connectivity index (χ2n) is 5.58. The molecule has 0 aliphatic carbocycles. The summed E-state index contributed by atoms with van der Waals surface area (Å²) in [4.78, 5) is 11.4. The number of anilines is 1. The lowest BCUT2D eigenvalue weighted by atomic mass is 9.95. The number of aromatic nitrogens is 2. The molecule has 0 saturated carbocycles. The number of hydrogen-bond acceptors (Lipinski definition) is 5. The summed E-state index contributed by atoms with van der Waals surface area (Å²) in [5.41, 5.74) is 1.10. The summed E-state index contributed by atoms with van der Waals surface area (Å²) < 4.78 is 5.07. The number of likely N-dealkylation sites (tertiary alicyclic amines) is 1. The molecular formula is C15H26N4O. The van der Waals surface area contributed by atoms with Crippen LogP contribution in [0.2, 0.25) is 0 Å². The molecule has 1 aromatic rings. The molecule has 5 heteroatoms. The van der Waals surface area contributed by atoms with E-state index in [0.717, 1.165) is 30.4 Å². The van der Waals surface area contributed by atoms with Gasteiger partial charge in [0.2, 0.25) is 0 Å². The Morgan fingerprint density at radius 1 is 1.30 bits per heavy atom. The minimum absolute atomic E-state index is 0.685. The zero-order valence-corrected chi connectivity index (χ0v) is 12.6. The van der Waals surface area contributed by atoms with Gasteiger partial charge in [0.25, 0.3) is 0 Å². The lowest BCUT2D eigenvalue weighted by Crippen LogP contribution is -2.19. The molecule has 0 spiro atoms. The Balaban J connectivity index is 1.93. The summed E-state index contributed by atoms with van der Waals surface area (Å²) in [5.74, 6) is 1.64. The molecule has 0 unspecified atom stereocenters. The number of hydrogen-bond donors (Lipinski definition) is 1. The fourth-order valence-corrected chi connectivity index (χ4v) is 2.72. The molecule has 0 radical (unpaired) electrons. The molecule has 1 aliphatic rings. The van der Waals surface area contributed by atoms with Crippen molar-refractivity contribution in [3.63, 3.8) is 0 Å². The van der Waals surface area contributed by atoms with E-state index in [0.29, 0.717) is 6.61 Å². The van der Waals surface area contributed by atoms with Crippen molar-refractivity contribution < 1.29 is 4.74 Å². The van der Waals surface area contributed by atoms with Gasteiger partial charge in [-0.15, -0.1) is 0 Å². The minimum Gasteiger partial charge on any atom is -0.383 e. The van der Waals surface area contributed by atoms with Gasteiger partial charge in [0, 0.05) is 26.0 Å². The molecule has 0 bridgehead atoms. The number of nitrogens with zero attached hydrogens (tertiary/aromatic N) is 3. The molecule has 0 amide bonds. The van der Waals surface area contributed by atoms with Crippen LogP contribution in [0.15, 0.2) is 12.4 Å². The summed E-state index contributed by atoms with van der Waals surface area (Å²) in [5, 5.41) is 3.32. The lowest BCUT2D eigenvalue weighted by Gasteiger charge is -2.16. The Kier molecular flexibility index (Phi) is 6.21. The van der Waals surface area contributed by atoms with Gasteiger partial charge in [-0.25, -0.2) is 4.98 Å². The van der Waals surface area contributed by atoms with Gasteiger partial charge in [0.15, 0.2) is 0 Å². The van der Waals surface area contributed by atoms with Gasteiger partial charge in [-0.3, -0.25) is 4.98 Å². The second-order valence-corrected chi connectivity index (χ2v) is 5.58. The van der Waals surface area contributed by atoms with E-state index in [2.05, 4.69) is 27.2 Å². The molecule has 2 heterocycles. The third kappa shape index (κ3) is 4.72. The van der Waals surface area contributed by atoms with E-state index in [1.54, 1.807) is 19.5 Å². The zero-order chi connectivity index (χ0) is 14.2. The molecular weight excluding hydrogens is 252 g/mol. The van der Waals surface area contributed by atoms with E-state index in [1.807, 2.05) is 0 Å². The summed E-state index contributed by atoms with van der Waals surface area (Å²) in [6.45, 7) is 3.87. The highest BCUT2D eigenvalue weighted by atomic mass is 16.5. The third-order valence-corrected chi connectivity index (χ3v) is 3.93. The van der Waals surface area contributed by atoms with Crippen molar-refractivity contribution in [1.82, 2.24) is 14.9 Å². The van der Waals surface area contributed by atoms with Crippen molar-refractivity contribution in [3.8, 4) is 0 Å². The van der Waals surface area contributed by atoms with Crippen LogP contribution in [-0.2, 0) is 11.2 Å². The second kappa shape index (κ2) is 8.17. The predicted octanol–water partition coefficient (Wildman–Crippen LogP) is 1.81. The van der Waals surface area contributed by atoms with Crippen LogP contribution in [0.4, 0.5) is 5.82 Å². The van der Waals surface area contributed by atoms with Crippen LogP contribution < -0.4 is 5.32 Å². The third-order valence-electron chi connectivity index (χ3n) is 3.93. The first-order chi connectivity index (χ1) is 9.79. The highest BCUT2D eigenvalue weighted by Gasteiger charge is 2.17. The number of methoxy groups -OCH3 is 1. The maximum atomic E-state index is 5.07. The molecule has 112 valence electrons. The summed E-state index contributed by atoms with van der Waals surface area (Å²) >= 11 is 0. The minimum atomic E-state index is 0.685. The molecule has 1 aliphatic heterocycles. The summed E-state index contributed by atoms with van der Waals surface area (Å²) in [6, 6.07) is 0. The molecule has 20 heavy (non-hydrogen) atoms. The van der Waals surface area contributed by atoms with E-state index >= 15 is 0 Å². The molecule has 1 aromatic heterocycles. The van der Waals surface area contributed by atoms with Crippen molar-refractivity contribution >= 4 is 5.82 Å². The van der Waals surface area contributed by atoms with Crippen LogP contribution in [0.3, 0.4) is 0 Å². The SMILES string of the molecule is COCCNc1nccnc1C[C@H]1CCCN(C)CC1. The molecule has 0 aromatic carbocycles. The van der Waals surface area contributed by atoms with Gasteiger partial charge >= 0.3 is 0 Å². The van der Waals surface area contributed by atoms with Crippen molar-refractivity contribution in [2.75, 3.05) is 45.7 Å². The summed E-state index contributed by atoms with van der Waals surface area (Å²) in [7, 11) is 3.92. The van der Waals surface area contributed by atoms with Gasteiger partial charge in [-0.2, -0.15) is 0 Å². The first-order valence-electron chi connectivity index (χ1n) is 7.51. The number of rotatable bonds is 6. The normalized spacial score (nSPS) is 20.6. The highest BCUT2D eigenvalue weighted by molar-refractivity contribution is 5.39. The number of nitrogens with one attached hydrogen (secondary N) is 1. The lowest BCUT2D eigenvalue weighted by molar-refractivity contribution is 0.210. The number of ether oxygens (including phenoxy) is 1. The largest absolute Gasteiger partial charge is 0.383 e. The van der Waals surface area contributed by atoms with E-state index in [4.69, 9.17) is 4.74 Å². The fraction of sp³-hybridized carbons (Fsp3) is 0.733. The van der Waals surface area contributed by atoms with Gasteiger partial charge in [-0.05, 0) is 51.7 Å². The predicted molar refractivity (Wildman–Crippen MR) is 80.9 cm³/mol. The maximum absolute atomic E-state index is 5.07. The van der Waals surface area contributed by atoms with Gasteiger partial charge in [0.05, 0.1) is 12.3 Å². The van der Waals surface area contributed by atoms with Crippen LogP contribution >= 0.6 is 0 Å². The topological polar surface area (TPSA) is 50.3 Å². The Hall–Kier alpha value is -1.20. The van der Waals surface area contributed by atoms with Crippen LogP contribution in [0.5, 0.6) is 0 Å². The average molecular weight is 278 g/mol. The van der Waals surface area contributed by atoms with Crippen LogP contribution in [0.25, 0.3) is 0 Å². The average Bonchev–Trinajstić information content (AvgIpc) is 2.66. The molecule has 2 rings (SSSR count). The Bertz CT molecular complexity index is 399. The zero-order valence-electron chi connectivity index (χ0n) is 12.6. The Labute approximate surface area is 121 Å². The molecule has 1 fully saturated rings. The van der Waals surface area contributed by atoms with Crippen LogP contribution in [0, 0.1) is 5.92 Å². The standard InChI is InChI=1S/C15H26N4O/c1-19-9-3-4-13(5-10-19)12-14-15(17-7-6-16-14)18-8-11-20-2/h6-7,13H,3-5,8-12H2,1-2H3,(H,17,18)/t13-/m0/s1.